The Bertz CT molecular complexity index is 1350. The zero-order valence-corrected chi connectivity index (χ0v) is 21.1. The third kappa shape index (κ3) is 5.75. The van der Waals surface area contributed by atoms with Gasteiger partial charge in [-0.15, -0.1) is 11.3 Å². The van der Waals surface area contributed by atoms with Crippen LogP contribution in [0.15, 0.2) is 71.8 Å². The molecule has 1 aliphatic carbocycles. The third-order valence-electron chi connectivity index (χ3n) is 6.09. The van der Waals surface area contributed by atoms with Crippen molar-refractivity contribution in [2.24, 2.45) is 11.8 Å². The molecule has 1 aliphatic rings. The normalized spacial score (nSPS) is 19.1. The molecule has 10 heteroatoms. The van der Waals surface area contributed by atoms with Gasteiger partial charge in [-0.3, -0.25) is 19.0 Å². The fourth-order valence-electron chi connectivity index (χ4n) is 4.35. The molecule has 36 heavy (non-hydrogen) atoms. The van der Waals surface area contributed by atoms with Crippen LogP contribution in [-0.4, -0.2) is 29.1 Å². The van der Waals surface area contributed by atoms with Gasteiger partial charge >= 0.3 is 0 Å². The Labute approximate surface area is 216 Å². The van der Waals surface area contributed by atoms with E-state index >= 15 is 0 Å². The van der Waals surface area contributed by atoms with Crippen molar-refractivity contribution >= 4 is 40.4 Å². The van der Waals surface area contributed by atoms with Crippen molar-refractivity contribution in [3.8, 4) is 5.69 Å². The summed E-state index contributed by atoms with van der Waals surface area (Å²) >= 11 is 7.08. The largest absolute Gasteiger partial charge is 0.378 e. The Morgan fingerprint density at radius 2 is 2.03 bits per heavy atom. The van der Waals surface area contributed by atoms with E-state index in [0.29, 0.717) is 40.0 Å². The second kappa shape index (κ2) is 11.2. The number of aromatic nitrogens is 1. The molecule has 0 saturated heterocycles. The van der Waals surface area contributed by atoms with Gasteiger partial charge in [0.1, 0.15) is 5.82 Å². The number of halogens is 2. The van der Waals surface area contributed by atoms with Crippen LogP contribution >= 0.6 is 22.9 Å². The van der Waals surface area contributed by atoms with Crippen LogP contribution in [0.3, 0.4) is 0 Å². The van der Waals surface area contributed by atoms with Gasteiger partial charge in [0.2, 0.25) is 5.91 Å². The fraction of sp³-hybridized carbons (Fsp3) is 0.269. The molecular weight excluding hydrogens is 505 g/mol. The molecule has 188 valence electrons. The summed E-state index contributed by atoms with van der Waals surface area (Å²) in [5.41, 5.74) is 0.544. The van der Waals surface area contributed by atoms with Gasteiger partial charge in [0.15, 0.2) is 0 Å². The minimum atomic E-state index is -0.654. The second-order valence-corrected chi connectivity index (χ2v) is 10.1. The van der Waals surface area contributed by atoms with Crippen LogP contribution in [0, 0.1) is 17.7 Å². The number of carbonyl (C=O) groups is 2. The van der Waals surface area contributed by atoms with Crippen LogP contribution in [0.2, 0.25) is 4.34 Å². The smallest absolute Gasteiger partial charge is 0.265 e. The van der Waals surface area contributed by atoms with E-state index in [1.54, 1.807) is 36.5 Å². The molecule has 0 spiro atoms. The molecule has 1 aromatic carbocycles. The van der Waals surface area contributed by atoms with Gasteiger partial charge in [-0.25, -0.2) is 4.39 Å². The first kappa shape index (κ1) is 25.8. The summed E-state index contributed by atoms with van der Waals surface area (Å²) in [5.74, 6) is -2.07. The van der Waals surface area contributed by atoms with Gasteiger partial charge in [-0.1, -0.05) is 24.2 Å². The number of ether oxygens (including phenoxy) is 1. The minimum Gasteiger partial charge on any atom is -0.378 e. The summed E-state index contributed by atoms with van der Waals surface area (Å²) in [5, 5.41) is 5.45. The van der Waals surface area contributed by atoms with E-state index in [9.17, 15) is 18.8 Å². The molecule has 3 atom stereocenters. The highest BCUT2D eigenvalue weighted by Crippen LogP contribution is 2.38. The van der Waals surface area contributed by atoms with E-state index in [-0.39, 0.29) is 35.1 Å². The predicted octanol–water partition coefficient (Wildman–Crippen LogP) is 5.01. The van der Waals surface area contributed by atoms with Crippen molar-refractivity contribution in [1.29, 1.82) is 0 Å². The topological polar surface area (TPSA) is 89.4 Å². The lowest BCUT2D eigenvalue weighted by atomic mass is 10.0. The molecule has 2 aromatic heterocycles. The zero-order chi connectivity index (χ0) is 25.8. The molecule has 7 nitrogen and oxygen atoms in total. The number of amides is 2. The van der Waals surface area contributed by atoms with Gasteiger partial charge < -0.3 is 15.4 Å². The number of pyridine rings is 1. The summed E-state index contributed by atoms with van der Waals surface area (Å²) < 4.78 is 22.5. The number of rotatable bonds is 8. The van der Waals surface area contributed by atoms with Crippen LogP contribution < -0.4 is 16.2 Å². The number of thiophene rings is 1. The Hall–Kier alpha value is -3.27. The first-order valence-electron chi connectivity index (χ1n) is 11.4. The van der Waals surface area contributed by atoms with E-state index in [4.69, 9.17) is 16.3 Å². The van der Waals surface area contributed by atoms with Gasteiger partial charge in [0.05, 0.1) is 26.7 Å². The van der Waals surface area contributed by atoms with E-state index in [0.717, 1.165) is 11.3 Å². The monoisotopic (exact) mass is 529 g/mol. The average Bonchev–Trinajstić information content (AvgIpc) is 3.48. The molecule has 0 radical (unpaired) electrons. The van der Waals surface area contributed by atoms with Gasteiger partial charge in [-0.2, -0.15) is 0 Å². The minimum absolute atomic E-state index is 0.0193. The van der Waals surface area contributed by atoms with Crippen LogP contribution in [0.1, 0.15) is 29.4 Å². The molecule has 1 fully saturated rings. The lowest BCUT2D eigenvalue weighted by Crippen LogP contribution is -2.30. The van der Waals surface area contributed by atoms with Crippen LogP contribution in [0.25, 0.3) is 5.69 Å². The van der Waals surface area contributed by atoms with E-state index in [1.807, 2.05) is 6.92 Å². The molecule has 4 rings (SSSR count). The predicted molar refractivity (Wildman–Crippen MR) is 138 cm³/mol. The average molecular weight is 530 g/mol. The fourth-order valence-corrected chi connectivity index (χ4v) is 5.28. The molecule has 0 aliphatic heterocycles. The number of nitrogens with zero attached hydrogens (tertiary/aromatic N) is 1. The molecule has 2 amide bonds. The van der Waals surface area contributed by atoms with Gasteiger partial charge in [0.25, 0.3) is 11.5 Å². The Kier molecular flexibility index (Phi) is 8.03. The quantitative estimate of drug-likeness (QED) is 0.429. The van der Waals surface area contributed by atoms with Gasteiger partial charge in [0, 0.05) is 42.5 Å². The highest BCUT2D eigenvalue weighted by atomic mass is 35.5. The van der Waals surface area contributed by atoms with E-state index in [2.05, 4.69) is 17.2 Å². The maximum absolute atomic E-state index is 14.8. The SMILES string of the molecule is C=C(NC(=O)c1ccc(Cl)s1)[C@H]1C[C@H](C(=O)Nc2ccc(-n3ccccc3=O)cc2F)C[C@@H]1OCC. The molecule has 3 aromatic rings. The summed E-state index contributed by atoms with van der Waals surface area (Å²) in [6.07, 6.45) is 2.02. The van der Waals surface area contributed by atoms with E-state index in [1.165, 1.54) is 22.8 Å². The summed E-state index contributed by atoms with van der Waals surface area (Å²) in [7, 11) is 0. The zero-order valence-electron chi connectivity index (χ0n) is 19.5. The maximum atomic E-state index is 14.8. The van der Waals surface area contributed by atoms with Crippen molar-refractivity contribution in [1.82, 2.24) is 9.88 Å². The standard InChI is InChI=1S/C26H25ClFN3O4S/c1-3-35-21-13-16(12-18(21)15(2)29-26(34)22-9-10-23(27)36-22)25(33)30-20-8-7-17(14-19(20)28)31-11-5-4-6-24(31)32/h4-11,14,16,18,21H,2-3,12-13H2,1H3,(H,29,34)(H,30,33)/t16-,18+,21-/m0/s1. The molecular formula is C26H25ClFN3O4S. The molecule has 2 N–H and O–H groups in total. The Morgan fingerprint density at radius 3 is 2.69 bits per heavy atom. The summed E-state index contributed by atoms with van der Waals surface area (Å²) in [6.45, 7) is 6.31. The highest BCUT2D eigenvalue weighted by molar-refractivity contribution is 7.18. The van der Waals surface area contributed by atoms with Crippen LogP contribution in [0.4, 0.5) is 10.1 Å². The maximum Gasteiger partial charge on any atom is 0.265 e. The number of anilines is 1. The third-order valence-corrected chi connectivity index (χ3v) is 7.32. The molecule has 0 bridgehead atoms. The van der Waals surface area contributed by atoms with Gasteiger partial charge in [-0.05, 0) is 50.1 Å². The Balaban J connectivity index is 1.43. The lowest BCUT2D eigenvalue weighted by Gasteiger charge is -2.21. The number of benzene rings is 1. The number of hydrogen-bond acceptors (Lipinski definition) is 5. The molecule has 0 unspecified atom stereocenters. The van der Waals surface area contributed by atoms with Crippen molar-refractivity contribution in [3.05, 3.63) is 92.4 Å². The van der Waals surface area contributed by atoms with Crippen molar-refractivity contribution in [2.75, 3.05) is 11.9 Å². The number of hydrogen-bond donors (Lipinski definition) is 2. The first-order valence-corrected chi connectivity index (χ1v) is 12.6. The lowest BCUT2D eigenvalue weighted by molar-refractivity contribution is -0.120. The number of nitrogens with one attached hydrogen (secondary N) is 2. The second-order valence-electron chi connectivity index (χ2n) is 8.41. The number of carbonyl (C=O) groups excluding carboxylic acids is 2. The highest BCUT2D eigenvalue weighted by Gasteiger charge is 2.40. The Morgan fingerprint density at radius 1 is 1.22 bits per heavy atom. The summed E-state index contributed by atoms with van der Waals surface area (Å²) in [6, 6.07) is 12.1. The van der Waals surface area contributed by atoms with E-state index < -0.39 is 11.7 Å². The van der Waals surface area contributed by atoms with Crippen molar-refractivity contribution < 1.29 is 18.7 Å². The van der Waals surface area contributed by atoms with Crippen molar-refractivity contribution in [2.45, 2.75) is 25.9 Å². The van der Waals surface area contributed by atoms with Crippen molar-refractivity contribution in [3.63, 3.8) is 0 Å². The summed E-state index contributed by atoms with van der Waals surface area (Å²) in [4.78, 5) is 38.0. The van der Waals surface area contributed by atoms with Crippen LogP contribution in [-0.2, 0) is 9.53 Å². The molecule has 1 saturated carbocycles. The first-order chi connectivity index (χ1) is 17.3. The van der Waals surface area contributed by atoms with Crippen LogP contribution in [0.5, 0.6) is 0 Å². The molecule has 2 heterocycles.